The summed E-state index contributed by atoms with van der Waals surface area (Å²) < 4.78 is 4.37. The molecule has 2 aromatic rings. The highest BCUT2D eigenvalue weighted by Crippen LogP contribution is 2.22. The summed E-state index contributed by atoms with van der Waals surface area (Å²) in [6.45, 7) is 0. The number of hydrogen-bond donors (Lipinski definition) is 1. The maximum Gasteiger partial charge on any atom is 0.425 e. The van der Waals surface area contributed by atoms with Gasteiger partial charge in [0.1, 0.15) is 6.11 Å². The number of benzene rings is 2. The zero-order valence-electron chi connectivity index (χ0n) is 8.44. The first kappa shape index (κ1) is 10.1. The van der Waals surface area contributed by atoms with Gasteiger partial charge < -0.3 is 4.74 Å². The minimum absolute atomic E-state index is 0.654. The average molecular weight is 211 g/mol. The fraction of sp³-hybridized carbons (Fsp3) is 0. The summed E-state index contributed by atoms with van der Waals surface area (Å²) in [6.07, 6.45) is 6.03. The molecule has 0 fully saturated rings. The molecule has 0 bridgehead atoms. The third-order valence-electron chi connectivity index (χ3n) is 2.18. The monoisotopic (exact) mass is 211 g/mol. The zero-order valence-corrected chi connectivity index (χ0v) is 8.44. The molecular weight excluding hydrogens is 202 g/mol. The van der Waals surface area contributed by atoms with Crippen LogP contribution in [-0.4, -0.2) is 6.09 Å². The van der Waals surface area contributed by atoms with E-state index in [1.807, 2.05) is 42.5 Å². The quantitative estimate of drug-likeness (QED) is 0.736. The van der Waals surface area contributed by atoms with Crippen LogP contribution in [0.15, 0.2) is 42.5 Å². The van der Waals surface area contributed by atoms with Gasteiger partial charge in [-0.25, -0.2) is 4.79 Å². The molecule has 2 rings (SSSR count). The Bertz CT molecular complexity index is 564. The lowest BCUT2D eigenvalue weighted by atomic mass is 10.1. The van der Waals surface area contributed by atoms with E-state index in [9.17, 15) is 4.79 Å². The molecule has 0 spiro atoms. The molecule has 0 aliphatic carbocycles. The second-order valence-electron chi connectivity index (χ2n) is 3.16. The van der Waals surface area contributed by atoms with Crippen molar-refractivity contribution in [3.63, 3.8) is 0 Å². The van der Waals surface area contributed by atoms with Crippen LogP contribution in [0, 0.1) is 12.5 Å². The van der Waals surface area contributed by atoms with Gasteiger partial charge in [0.2, 0.25) is 0 Å². The van der Waals surface area contributed by atoms with E-state index in [0.717, 1.165) is 10.8 Å². The number of ether oxygens (including phenoxy) is 1. The van der Waals surface area contributed by atoms with E-state index in [-0.39, 0.29) is 0 Å². The summed E-state index contributed by atoms with van der Waals surface area (Å²) in [5.74, 6) is 0. The second kappa shape index (κ2) is 4.37. The molecule has 0 atom stereocenters. The minimum Gasteiger partial charge on any atom is -0.356 e. The van der Waals surface area contributed by atoms with Gasteiger partial charge in [0.05, 0.1) is 5.69 Å². The van der Waals surface area contributed by atoms with Crippen LogP contribution in [0.4, 0.5) is 10.5 Å². The first-order valence-corrected chi connectivity index (χ1v) is 4.72. The number of carbonyl (C=O) groups is 1. The fourth-order valence-corrected chi connectivity index (χ4v) is 1.52. The third-order valence-corrected chi connectivity index (χ3v) is 2.18. The van der Waals surface area contributed by atoms with Crippen molar-refractivity contribution in [3.8, 4) is 12.5 Å². The molecule has 0 unspecified atom stereocenters. The number of fused-ring (bicyclic) bond motifs is 1. The summed E-state index contributed by atoms with van der Waals surface area (Å²) in [5, 5.41) is 4.57. The van der Waals surface area contributed by atoms with Crippen LogP contribution in [-0.2, 0) is 4.74 Å². The average Bonchev–Trinajstić information content (AvgIpc) is 2.30. The van der Waals surface area contributed by atoms with Crippen molar-refractivity contribution in [2.45, 2.75) is 0 Å². The van der Waals surface area contributed by atoms with Crippen LogP contribution in [0.1, 0.15) is 0 Å². The molecule has 0 aliphatic heterocycles. The first-order valence-electron chi connectivity index (χ1n) is 4.72. The highest BCUT2D eigenvalue weighted by atomic mass is 16.5. The van der Waals surface area contributed by atoms with Crippen LogP contribution in [0.3, 0.4) is 0 Å². The molecule has 2 aromatic carbocycles. The number of hydrogen-bond acceptors (Lipinski definition) is 2. The molecule has 78 valence electrons. The van der Waals surface area contributed by atoms with Gasteiger partial charge in [-0.3, -0.25) is 5.32 Å². The van der Waals surface area contributed by atoms with E-state index < -0.39 is 6.09 Å². The van der Waals surface area contributed by atoms with Crippen LogP contribution in [0.5, 0.6) is 0 Å². The summed E-state index contributed by atoms with van der Waals surface area (Å²) in [6, 6.07) is 13.3. The van der Waals surface area contributed by atoms with E-state index >= 15 is 0 Å². The Morgan fingerprint density at radius 2 is 1.94 bits per heavy atom. The summed E-state index contributed by atoms with van der Waals surface area (Å²) in [5.41, 5.74) is 0.679. The van der Waals surface area contributed by atoms with Crippen LogP contribution < -0.4 is 5.32 Å². The Morgan fingerprint density at radius 3 is 2.75 bits per heavy atom. The van der Waals surface area contributed by atoms with Gasteiger partial charge in [0, 0.05) is 5.39 Å². The van der Waals surface area contributed by atoms with Crippen molar-refractivity contribution < 1.29 is 9.53 Å². The number of terminal acetylenes is 1. The van der Waals surface area contributed by atoms with Crippen LogP contribution in [0.25, 0.3) is 10.8 Å². The highest BCUT2D eigenvalue weighted by Gasteiger charge is 2.04. The third kappa shape index (κ3) is 1.96. The van der Waals surface area contributed by atoms with Crippen LogP contribution >= 0.6 is 0 Å². The summed E-state index contributed by atoms with van der Waals surface area (Å²) >= 11 is 0. The number of rotatable bonds is 1. The molecule has 0 aliphatic rings. The van der Waals surface area contributed by atoms with Crippen molar-refractivity contribution in [3.05, 3.63) is 42.5 Å². The highest BCUT2D eigenvalue weighted by molar-refractivity contribution is 6.00. The molecule has 0 heterocycles. The van der Waals surface area contributed by atoms with E-state index in [1.165, 1.54) is 0 Å². The van der Waals surface area contributed by atoms with Gasteiger partial charge in [-0.2, -0.15) is 0 Å². The van der Waals surface area contributed by atoms with Gasteiger partial charge in [-0.15, -0.1) is 0 Å². The van der Waals surface area contributed by atoms with E-state index in [2.05, 4.69) is 10.1 Å². The molecule has 0 saturated heterocycles. The number of amides is 1. The van der Waals surface area contributed by atoms with Crippen molar-refractivity contribution in [2.24, 2.45) is 0 Å². The van der Waals surface area contributed by atoms with E-state index in [1.54, 1.807) is 6.07 Å². The number of nitrogens with one attached hydrogen (secondary N) is 1. The van der Waals surface area contributed by atoms with Gasteiger partial charge in [0.15, 0.2) is 0 Å². The maximum atomic E-state index is 11.2. The Morgan fingerprint density at radius 1 is 1.19 bits per heavy atom. The van der Waals surface area contributed by atoms with Crippen molar-refractivity contribution in [1.29, 1.82) is 0 Å². The molecule has 1 N–H and O–H groups in total. The summed E-state index contributed by atoms with van der Waals surface area (Å²) in [7, 11) is 0. The Labute approximate surface area is 93.0 Å². The van der Waals surface area contributed by atoms with E-state index in [4.69, 9.17) is 6.42 Å². The molecule has 1 amide bonds. The molecular formula is C13H9NO2. The fourth-order valence-electron chi connectivity index (χ4n) is 1.52. The molecule has 3 heteroatoms. The summed E-state index contributed by atoms with van der Waals surface area (Å²) in [4.78, 5) is 11.2. The van der Waals surface area contributed by atoms with Gasteiger partial charge in [0.25, 0.3) is 0 Å². The molecule has 0 saturated carbocycles. The Kier molecular flexibility index (Phi) is 2.75. The van der Waals surface area contributed by atoms with Crippen molar-refractivity contribution >= 4 is 22.6 Å². The lowest BCUT2D eigenvalue weighted by Gasteiger charge is -2.06. The van der Waals surface area contributed by atoms with Gasteiger partial charge in [-0.05, 0) is 11.5 Å². The smallest absolute Gasteiger partial charge is 0.356 e. The molecule has 0 aromatic heterocycles. The van der Waals surface area contributed by atoms with Crippen molar-refractivity contribution in [1.82, 2.24) is 0 Å². The SMILES string of the molecule is C#COC(=O)Nc1cccc2ccccc12. The number of anilines is 1. The maximum absolute atomic E-state index is 11.2. The Balaban J connectivity index is 2.38. The van der Waals surface area contributed by atoms with Crippen LogP contribution in [0.2, 0.25) is 0 Å². The van der Waals surface area contributed by atoms with Gasteiger partial charge in [-0.1, -0.05) is 42.8 Å². The minimum atomic E-state index is -0.654. The number of carbonyl (C=O) groups excluding carboxylic acids is 1. The topological polar surface area (TPSA) is 38.3 Å². The van der Waals surface area contributed by atoms with Gasteiger partial charge >= 0.3 is 6.09 Å². The zero-order chi connectivity index (χ0) is 11.4. The van der Waals surface area contributed by atoms with E-state index in [0.29, 0.717) is 5.69 Å². The molecule has 3 nitrogen and oxygen atoms in total. The first-order chi connectivity index (χ1) is 7.81. The second-order valence-corrected chi connectivity index (χ2v) is 3.16. The van der Waals surface area contributed by atoms with Crippen molar-refractivity contribution in [2.75, 3.05) is 5.32 Å². The predicted molar refractivity (Wildman–Crippen MR) is 62.9 cm³/mol. The molecule has 16 heavy (non-hydrogen) atoms. The standard InChI is InChI=1S/C13H9NO2/c1-2-16-13(15)14-12-9-5-7-10-6-3-4-8-11(10)12/h1,3-9H,(H,14,15). The predicted octanol–water partition coefficient (Wildman–Crippen LogP) is 2.98. The molecule has 0 radical (unpaired) electrons. The lowest BCUT2D eigenvalue weighted by Crippen LogP contribution is -2.10. The largest absolute Gasteiger partial charge is 0.425 e. The normalized spacial score (nSPS) is 9.44. The lowest BCUT2D eigenvalue weighted by molar-refractivity contribution is 0.207. The Hall–Kier alpha value is -2.47.